The van der Waals surface area contributed by atoms with Gasteiger partial charge in [0.05, 0.1) is 12.5 Å². The fourth-order valence-electron chi connectivity index (χ4n) is 0.986. The number of aromatic nitrogens is 3. The molecule has 0 spiro atoms. The van der Waals surface area contributed by atoms with Crippen LogP contribution in [0.15, 0.2) is 27.9 Å². The maximum Gasteiger partial charge on any atom is 0.216 e. The Morgan fingerprint density at radius 2 is 2.57 bits per heavy atom. The molecule has 2 rings (SSSR count). The first-order valence-electron chi connectivity index (χ1n) is 3.99. The molecule has 2 heterocycles. The third kappa shape index (κ3) is 1.64. The molecule has 0 aromatic carbocycles. The van der Waals surface area contributed by atoms with Crippen LogP contribution in [0.2, 0.25) is 0 Å². The lowest BCUT2D eigenvalue weighted by Gasteiger charge is -1.91. The van der Waals surface area contributed by atoms with Gasteiger partial charge >= 0.3 is 0 Å². The zero-order valence-corrected chi connectivity index (χ0v) is 8.28. The molecule has 0 aliphatic heterocycles. The zero-order valence-electron chi connectivity index (χ0n) is 7.47. The summed E-state index contributed by atoms with van der Waals surface area (Å²) in [6, 6.07) is 3.60. The molecule has 0 saturated heterocycles. The number of H-pyrrole nitrogens is 1. The van der Waals surface area contributed by atoms with Gasteiger partial charge in [0.1, 0.15) is 11.6 Å². The third-order valence-electron chi connectivity index (χ3n) is 1.66. The number of nitrogens with one attached hydrogen (secondary N) is 1. The van der Waals surface area contributed by atoms with Crippen LogP contribution in [0.1, 0.15) is 11.6 Å². The quantitative estimate of drug-likeness (QED) is 0.604. The maximum atomic E-state index is 5.08. The summed E-state index contributed by atoms with van der Waals surface area (Å²) in [5.41, 5.74) is 0. The molecule has 0 amide bonds. The monoisotopic (exact) mass is 208 g/mol. The summed E-state index contributed by atoms with van der Waals surface area (Å²) in [5.74, 6) is 1.38. The molecule has 1 N–H and O–H groups in total. The van der Waals surface area contributed by atoms with Gasteiger partial charge in [-0.25, -0.2) is 0 Å². The second kappa shape index (κ2) is 3.59. The van der Waals surface area contributed by atoms with Crippen molar-refractivity contribution in [1.29, 1.82) is 0 Å². The fourth-order valence-corrected chi connectivity index (χ4v) is 1.21. The summed E-state index contributed by atoms with van der Waals surface area (Å²) in [5, 5.41) is 10.7. The van der Waals surface area contributed by atoms with Crippen molar-refractivity contribution in [3.63, 3.8) is 0 Å². The van der Waals surface area contributed by atoms with E-state index in [4.69, 9.17) is 16.6 Å². The smallest absolute Gasteiger partial charge is 0.216 e. The van der Waals surface area contributed by atoms with Gasteiger partial charge in [-0.1, -0.05) is 0 Å². The van der Waals surface area contributed by atoms with Gasteiger partial charge in [-0.2, -0.15) is 14.9 Å². The third-order valence-corrected chi connectivity index (χ3v) is 1.92. The average molecular weight is 208 g/mol. The van der Waals surface area contributed by atoms with Crippen LogP contribution in [-0.2, 0) is 0 Å². The van der Waals surface area contributed by atoms with Crippen LogP contribution in [0.3, 0.4) is 0 Å². The van der Waals surface area contributed by atoms with E-state index in [1.165, 1.54) is 4.68 Å². The van der Waals surface area contributed by atoms with Crippen LogP contribution in [0.5, 0.6) is 0 Å². The van der Waals surface area contributed by atoms with E-state index in [0.717, 1.165) is 0 Å². The van der Waals surface area contributed by atoms with Crippen molar-refractivity contribution >= 4 is 18.4 Å². The summed E-state index contributed by atoms with van der Waals surface area (Å²) in [6.07, 6.45) is 3.17. The van der Waals surface area contributed by atoms with Crippen LogP contribution in [-0.4, -0.2) is 21.1 Å². The average Bonchev–Trinajstić information content (AvgIpc) is 2.76. The molecule has 72 valence electrons. The van der Waals surface area contributed by atoms with Crippen molar-refractivity contribution in [1.82, 2.24) is 14.9 Å². The predicted octanol–water partition coefficient (Wildman–Crippen LogP) is 1.72. The standard InChI is InChI=1S/C8H8N4OS/c1-6-10-11-8(14)12(6)9-5-7-3-2-4-13-7/h2-5H,1H3,(H,11,14). The second-order valence-electron chi connectivity index (χ2n) is 2.65. The van der Waals surface area contributed by atoms with E-state index in [-0.39, 0.29) is 0 Å². The van der Waals surface area contributed by atoms with Gasteiger partial charge in [0.25, 0.3) is 0 Å². The molecule has 0 bridgehead atoms. The molecule has 6 heteroatoms. The van der Waals surface area contributed by atoms with Crippen molar-refractivity contribution in [3.05, 3.63) is 34.8 Å². The SMILES string of the molecule is Cc1n[nH]c(=S)n1N=Cc1ccco1. The summed E-state index contributed by atoms with van der Waals surface area (Å²) in [4.78, 5) is 0. The van der Waals surface area contributed by atoms with E-state index in [1.807, 2.05) is 13.0 Å². The molecule has 0 aliphatic carbocycles. The highest BCUT2D eigenvalue weighted by Crippen LogP contribution is 1.98. The van der Waals surface area contributed by atoms with Crippen LogP contribution in [0.25, 0.3) is 0 Å². The van der Waals surface area contributed by atoms with E-state index in [1.54, 1.807) is 18.5 Å². The maximum absolute atomic E-state index is 5.08. The first kappa shape index (κ1) is 8.89. The molecule has 5 nitrogen and oxygen atoms in total. The van der Waals surface area contributed by atoms with Gasteiger partial charge in [-0.05, 0) is 31.3 Å². The van der Waals surface area contributed by atoms with Crippen LogP contribution in [0.4, 0.5) is 0 Å². The van der Waals surface area contributed by atoms with Crippen LogP contribution in [0, 0.1) is 11.7 Å². The first-order valence-corrected chi connectivity index (χ1v) is 4.40. The van der Waals surface area contributed by atoms with Crippen LogP contribution < -0.4 is 0 Å². The molecule has 0 radical (unpaired) electrons. The minimum atomic E-state index is 0.463. The number of furan rings is 1. The van der Waals surface area contributed by atoms with E-state index < -0.39 is 0 Å². The van der Waals surface area contributed by atoms with E-state index >= 15 is 0 Å². The molecular weight excluding hydrogens is 200 g/mol. The molecule has 0 unspecified atom stereocenters. The Kier molecular flexibility index (Phi) is 2.28. The molecule has 0 fully saturated rings. The number of hydrogen-bond donors (Lipinski definition) is 1. The van der Waals surface area contributed by atoms with Crippen LogP contribution >= 0.6 is 12.2 Å². The molecule has 0 aliphatic rings. The number of aryl methyl sites for hydroxylation is 1. The van der Waals surface area contributed by atoms with E-state index in [0.29, 0.717) is 16.4 Å². The number of nitrogens with zero attached hydrogens (tertiary/aromatic N) is 3. The van der Waals surface area contributed by atoms with Crippen molar-refractivity contribution in [2.45, 2.75) is 6.92 Å². The number of hydrogen-bond acceptors (Lipinski definition) is 4. The summed E-state index contributed by atoms with van der Waals surface area (Å²) in [6.45, 7) is 1.81. The Bertz CT molecular complexity index is 494. The normalized spacial score (nSPS) is 11.2. The molecule has 0 atom stereocenters. The molecule has 2 aromatic heterocycles. The van der Waals surface area contributed by atoms with Gasteiger partial charge < -0.3 is 4.42 Å². The van der Waals surface area contributed by atoms with Gasteiger partial charge in [-0.15, -0.1) is 0 Å². The van der Waals surface area contributed by atoms with Gasteiger partial charge in [0, 0.05) is 0 Å². The van der Waals surface area contributed by atoms with Gasteiger partial charge in [0.15, 0.2) is 0 Å². The van der Waals surface area contributed by atoms with Crippen molar-refractivity contribution < 1.29 is 4.42 Å². The molecular formula is C8H8N4OS. The van der Waals surface area contributed by atoms with E-state index in [2.05, 4.69) is 15.3 Å². The lowest BCUT2D eigenvalue weighted by Crippen LogP contribution is -1.92. The summed E-state index contributed by atoms with van der Waals surface area (Å²) < 4.78 is 7.07. The Balaban J connectivity index is 2.31. The number of aromatic amines is 1. The predicted molar refractivity (Wildman–Crippen MR) is 53.8 cm³/mol. The Labute approximate surface area is 85.1 Å². The highest BCUT2D eigenvalue weighted by atomic mass is 32.1. The Morgan fingerprint density at radius 1 is 1.71 bits per heavy atom. The fraction of sp³-hybridized carbons (Fsp3) is 0.125. The molecule has 0 saturated carbocycles. The summed E-state index contributed by atoms with van der Waals surface area (Å²) in [7, 11) is 0. The lowest BCUT2D eigenvalue weighted by atomic mass is 10.5. The highest BCUT2D eigenvalue weighted by molar-refractivity contribution is 7.71. The van der Waals surface area contributed by atoms with Gasteiger partial charge in [-0.3, -0.25) is 5.10 Å². The second-order valence-corrected chi connectivity index (χ2v) is 3.03. The highest BCUT2D eigenvalue weighted by Gasteiger charge is 1.97. The van der Waals surface area contributed by atoms with Gasteiger partial charge in [0.2, 0.25) is 4.77 Å². The Hall–Kier alpha value is -1.69. The minimum absolute atomic E-state index is 0.463. The van der Waals surface area contributed by atoms with Crippen molar-refractivity contribution in [2.75, 3.05) is 0 Å². The summed E-state index contributed by atoms with van der Waals surface area (Å²) >= 11 is 4.97. The Morgan fingerprint density at radius 3 is 3.14 bits per heavy atom. The largest absolute Gasteiger partial charge is 0.463 e. The minimum Gasteiger partial charge on any atom is -0.463 e. The number of rotatable bonds is 2. The van der Waals surface area contributed by atoms with Crippen molar-refractivity contribution in [3.8, 4) is 0 Å². The lowest BCUT2D eigenvalue weighted by molar-refractivity contribution is 0.559. The van der Waals surface area contributed by atoms with Crippen molar-refractivity contribution in [2.24, 2.45) is 5.10 Å². The van der Waals surface area contributed by atoms with E-state index in [9.17, 15) is 0 Å². The topological polar surface area (TPSA) is 59.1 Å². The molecule has 14 heavy (non-hydrogen) atoms. The first-order chi connectivity index (χ1) is 6.77. The zero-order chi connectivity index (χ0) is 9.97. The molecule has 2 aromatic rings.